The molecule has 1 nitrogen and oxygen atoms in total. The van der Waals surface area contributed by atoms with Gasteiger partial charge in [0.2, 0.25) is 4.52 Å². The van der Waals surface area contributed by atoms with Crippen LogP contribution < -0.4 is 0 Å². The van der Waals surface area contributed by atoms with Crippen molar-refractivity contribution in [3.8, 4) is 0 Å². The molecule has 1 aliphatic heterocycles. The van der Waals surface area contributed by atoms with E-state index in [-0.39, 0.29) is 0 Å². The third-order valence-electron chi connectivity index (χ3n) is 1.58. The first kappa shape index (κ1) is 14.8. The monoisotopic (exact) mass is 390 g/mol. The highest BCUT2D eigenvalue weighted by atomic mass is 35.8. The van der Waals surface area contributed by atoms with Crippen molar-refractivity contribution in [2.24, 2.45) is 0 Å². The van der Waals surface area contributed by atoms with Gasteiger partial charge >= 0.3 is 12.7 Å². The minimum Gasteiger partial charge on any atom is -0.359 e. The van der Waals surface area contributed by atoms with Crippen LogP contribution in [0.3, 0.4) is 0 Å². The number of halogens is 8. The summed E-state index contributed by atoms with van der Waals surface area (Å²) in [6, 6.07) is 0. The average molecular weight is 394 g/mol. The lowest BCUT2D eigenvalue weighted by molar-refractivity contribution is 0.242. The largest absolute Gasteiger partial charge is 0.408 e. The van der Waals surface area contributed by atoms with E-state index in [1.165, 1.54) is 0 Å². The van der Waals surface area contributed by atoms with E-state index in [0.717, 1.165) is 0 Å². The predicted molar refractivity (Wildman–Crippen MR) is 69.7 cm³/mol. The number of hydrogen-bond acceptors (Lipinski definition) is 1. The van der Waals surface area contributed by atoms with E-state index >= 15 is 0 Å². The van der Waals surface area contributed by atoms with Crippen LogP contribution in [0.1, 0.15) is 0 Å². The lowest BCUT2D eigenvalue weighted by atomic mass is 10.5. The van der Waals surface area contributed by atoms with Crippen molar-refractivity contribution < 1.29 is 4.43 Å². The Hall–Kier alpha value is 2.71. The summed E-state index contributed by atoms with van der Waals surface area (Å²) in [5, 5.41) is -1.84. The topological polar surface area (TPSA) is 9.23 Å². The van der Waals surface area contributed by atoms with E-state index in [4.69, 9.17) is 95.1 Å². The molecule has 0 N–H and O–H groups in total. The molecule has 1 saturated heterocycles. The molecule has 1 heterocycles. The fraction of sp³-hybridized carbons (Fsp3) is 1.00. The summed E-state index contributed by atoms with van der Waals surface area (Å²) in [6.07, 6.45) is -3.22. The van der Waals surface area contributed by atoms with Gasteiger partial charge in [-0.2, -0.15) is 0 Å². The second-order valence-corrected chi connectivity index (χ2v) is 24.5. The highest BCUT2D eigenvalue weighted by molar-refractivity contribution is 7.92. The molecule has 0 aromatic rings. The smallest absolute Gasteiger partial charge is 0.359 e. The maximum Gasteiger partial charge on any atom is 0.408 e. The average Bonchev–Trinajstić information content (AvgIpc) is 1.97. The number of alkyl halides is 4. The zero-order chi connectivity index (χ0) is 11.4. The van der Waals surface area contributed by atoms with Gasteiger partial charge in [0.25, 0.3) is 0 Å². The van der Waals surface area contributed by atoms with Gasteiger partial charge in [-0.25, -0.2) is 0 Å². The van der Waals surface area contributed by atoms with Gasteiger partial charge < -0.3 is 4.43 Å². The van der Waals surface area contributed by atoms with E-state index in [1.807, 2.05) is 0 Å². The first-order valence-corrected chi connectivity index (χ1v) is 13.8. The van der Waals surface area contributed by atoms with Crippen LogP contribution in [0.25, 0.3) is 0 Å². The highest BCUT2D eigenvalue weighted by Gasteiger charge is 2.71. The number of hydrogen-bond donors (Lipinski definition) is 0. The fourth-order valence-electron chi connectivity index (χ4n) is 0.810. The van der Waals surface area contributed by atoms with Gasteiger partial charge in [-0.15, -0.1) is 67.5 Å². The van der Waals surface area contributed by atoms with Crippen molar-refractivity contribution in [1.82, 2.24) is 0 Å². The highest BCUT2D eigenvalue weighted by Crippen LogP contribution is 2.53. The Balaban J connectivity index is 3.09. The standard InChI is InChI=1S/C3H2Cl8OSi2/c4-1-2(5)13(8,9)14(10,11)12-3(1,6)7/h1-2H. The Kier molecular flexibility index (Phi) is 4.67. The van der Waals surface area contributed by atoms with Crippen LogP contribution in [0.4, 0.5) is 0 Å². The zero-order valence-corrected chi connectivity index (χ0v) is 14.1. The first-order chi connectivity index (χ1) is 6.02. The molecule has 1 rings (SSSR count). The lowest BCUT2D eigenvalue weighted by Crippen LogP contribution is -2.68. The van der Waals surface area contributed by atoms with Gasteiger partial charge in [0.15, 0.2) is 0 Å². The second-order valence-electron chi connectivity index (χ2n) is 2.61. The van der Waals surface area contributed by atoms with E-state index in [9.17, 15) is 0 Å². The molecule has 1 aliphatic rings. The molecule has 0 bridgehead atoms. The molecule has 0 amide bonds. The molecule has 0 radical (unpaired) electrons. The summed E-state index contributed by atoms with van der Waals surface area (Å²) in [7, 11) is 0. The Labute approximate surface area is 121 Å². The Morgan fingerprint density at radius 2 is 1.43 bits per heavy atom. The zero-order valence-electron chi connectivity index (χ0n) is 6.09. The predicted octanol–water partition coefficient (Wildman–Crippen LogP) is 4.32. The molecule has 0 aromatic carbocycles. The molecular weight excluding hydrogens is 392 g/mol. The van der Waals surface area contributed by atoms with Crippen molar-refractivity contribution in [2.75, 3.05) is 0 Å². The van der Waals surface area contributed by atoms with Gasteiger partial charge in [-0.1, -0.05) is 23.2 Å². The summed E-state index contributed by atoms with van der Waals surface area (Å²) in [4.78, 5) is 0. The lowest BCUT2D eigenvalue weighted by Gasteiger charge is -2.44. The van der Waals surface area contributed by atoms with Crippen LogP contribution in [0.5, 0.6) is 0 Å². The van der Waals surface area contributed by atoms with Crippen molar-refractivity contribution in [2.45, 2.75) is 14.9 Å². The molecule has 0 aromatic heterocycles. The van der Waals surface area contributed by atoms with E-state index in [1.54, 1.807) is 0 Å². The van der Waals surface area contributed by atoms with Gasteiger partial charge in [-0.05, 0) is 0 Å². The van der Waals surface area contributed by atoms with Crippen LogP contribution in [-0.4, -0.2) is 27.6 Å². The minimum atomic E-state index is -3.42. The molecule has 0 saturated carbocycles. The van der Waals surface area contributed by atoms with Crippen molar-refractivity contribution >= 4 is 103 Å². The van der Waals surface area contributed by atoms with Crippen LogP contribution in [0.15, 0.2) is 0 Å². The molecule has 0 aliphatic carbocycles. The van der Waals surface area contributed by atoms with Gasteiger partial charge in [0.05, 0.1) is 5.00 Å². The van der Waals surface area contributed by atoms with Crippen LogP contribution in [-0.2, 0) is 4.43 Å². The molecule has 84 valence electrons. The maximum atomic E-state index is 5.98. The van der Waals surface area contributed by atoms with Gasteiger partial charge in [-0.3, -0.25) is 0 Å². The SMILES string of the molecule is ClC1C(Cl)[Si](Cl)(Cl)[Si](Cl)(Cl)OC1(Cl)Cl. The minimum absolute atomic E-state index is 0.877. The van der Waals surface area contributed by atoms with Crippen LogP contribution in [0, 0.1) is 0 Å². The first-order valence-electron chi connectivity index (χ1n) is 3.14. The molecule has 1 fully saturated rings. The summed E-state index contributed by atoms with van der Waals surface area (Å²) in [5.74, 6) is 0. The van der Waals surface area contributed by atoms with E-state index in [2.05, 4.69) is 0 Å². The van der Waals surface area contributed by atoms with Crippen LogP contribution in [0.2, 0.25) is 0 Å². The van der Waals surface area contributed by atoms with E-state index < -0.39 is 27.6 Å². The fourth-order valence-corrected chi connectivity index (χ4v) is 15.1. The summed E-state index contributed by atoms with van der Waals surface area (Å²) in [5.41, 5.74) is 0. The van der Waals surface area contributed by atoms with Gasteiger partial charge in [0, 0.05) is 0 Å². The molecule has 14 heavy (non-hydrogen) atoms. The Morgan fingerprint density at radius 3 is 1.86 bits per heavy atom. The summed E-state index contributed by atoms with van der Waals surface area (Å²) < 4.78 is 3.28. The van der Waals surface area contributed by atoms with E-state index in [0.29, 0.717) is 0 Å². The van der Waals surface area contributed by atoms with Crippen LogP contribution >= 0.6 is 90.7 Å². The Bertz CT molecular complexity index is 243. The molecule has 0 spiro atoms. The third-order valence-corrected chi connectivity index (χ3v) is 27.5. The quantitative estimate of drug-likeness (QED) is 0.338. The van der Waals surface area contributed by atoms with Crippen molar-refractivity contribution in [3.05, 3.63) is 0 Å². The normalized spacial score (nSPS) is 39.4. The molecule has 11 heteroatoms. The van der Waals surface area contributed by atoms with Crippen molar-refractivity contribution in [1.29, 1.82) is 0 Å². The third kappa shape index (κ3) is 2.43. The summed E-state index contributed by atoms with van der Waals surface area (Å²) in [6.45, 7) is -3.42. The van der Waals surface area contributed by atoms with Crippen molar-refractivity contribution in [3.63, 3.8) is 0 Å². The molecule has 2 unspecified atom stereocenters. The maximum absolute atomic E-state index is 5.98. The molecular formula is C3H2Cl8OSi2. The number of rotatable bonds is 0. The molecule has 2 atom stereocenters. The van der Waals surface area contributed by atoms with Gasteiger partial charge in [0.1, 0.15) is 5.38 Å². The Morgan fingerprint density at radius 1 is 1.00 bits per heavy atom. The second kappa shape index (κ2) is 4.43. The summed E-state index contributed by atoms with van der Waals surface area (Å²) >= 11 is 46.9.